The number of ether oxygens (including phenoxy) is 1. The molecule has 0 radical (unpaired) electrons. The third kappa shape index (κ3) is 3.97. The molecule has 1 heterocycles. The van der Waals surface area contributed by atoms with Gasteiger partial charge in [0, 0.05) is 26.1 Å². The van der Waals surface area contributed by atoms with Crippen molar-refractivity contribution < 1.29 is 13.9 Å². The first-order valence-corrected chi connectivity index (χ1v) is 9.45. The molecule has 0 unspecified atom stereocenters. The van der Waals surface area contributed by atoms with Gasteiger partial charge in [-0.15, -0.1) is 0 Å². The highest BCUT2D eigenvalue weighted by atomic mass is 79.9. The van der Waals surface area contributed by atoms with Gasteiger partial charge < -0.3 is 9.15 Å². The highest BCUT2D eigenvalue weighted by molar-refractivity contribution is 9.10. The summed E-state index contributed by atoms with van der Waals surface area (Å²) in [6.45, 7) is 1.86. The van der Waals surface area contributed by atoms with E-state index in [-0.39, 0.29) is 17.9 Å². The quantitative estimate of drug-likeness (QED) is 0.454. The normalized spacial score (nSPS) is 10.6. The third-order valence-electron chi connectivity index (χ3n) is 3.66. The SMILES string of the molecule is CCOC(=O)c1c(-c2ccc(Br)cc2)oc(-c2ccc(Br)cc2)cc1=O. The molecule has 0 saturated heterocycles. The summed E-state index contributed by atoms with van der Waals surface area (Å²) in [6.07, 6.45) is 0. The van der Waals surface area contributed by atoms with Gasteiger partial charge in [0.1, 0.15) is 5.76 Å². The minimum atomic E-state index is -0.693. The summed E-state index contributed by atoms with van der Waals surface area (Å²) in [4.78, 5) is 25.0. The van der Waals surface area contributed by atoms with E-state index in [0.29, 0.717) is 11.3 Å². The Morgan fingerprint density at radius 3 is 2.04 bits per heavy atom. The molecule has 0 amide bonds. The summed E-state index contributed by atoms with van der Waals surface area (Å²) < 4.78 is 12.8. The molecule has 0 aliphatic rings. The van der Waals surface area contributed by atoms with Crippen molar-refractivity contribution in [3.05, 3.63) is 79.3 Å². The predicted molar refractivity (Wildman–Crippen MR) is 107 cm³/mol. The first kappa shape index (κ1) is 18.6. The van der Waals surface area contributed by atoms with Crippen LogP contribution in [-0.4, -0.2) is 12.6 Å². The topological polar surface area (TPSA) is 56.5 Å². The Hall–Kier alpha value is -2.18. The smallest absolute Gasteiger partial charge is 0.346 e. The fourth-order valence-corrected chi connectivity index (χ4v) is 2.98. The summed E-state index contributed by atoms with van der Waals surface area (Å²) in [7, 11) is 0. The number of rotatable bonds is 4. The van der Waals surface area contributed by atoms with Crippen molar-refractivity contribution in [3.8, 4) is 22.6 Å². The maximum Gasteiger partial charge on any atom is 0.346 e. The van der Waals surface area contributed by atoms with Gasteiger partial charge in [0.05, 0.1) is 6.61 Å². The molecule has 0 N–H and O–H groups in total. The van der Waals surface area contributed by atoms with Crippen LogP contribution >= 0.6 is 31.9 Å². The molecule has 4 nitrogen and oxygen atoms in total. The van der Waals surface area contributed by atoms with E-state index >= 15 is 0 Å². The van der Waals surface area contributed by atoms with Crippen LogP contribution in [0.2, 0.25) is 0 Å². The molecule has 0 aliphatic carbocycles. The molecule has 6 heteroatoms. The van der Waals surface area contributed by atoms with Gasteiger partial charge in [-0.25, -0.2) is 4.79 Å². The van der Waals surface area contributed by atoms with Crippen LogP contribution in [0.4, 0.5) is 0 Å². The number of hydrogen-bond acceptors (Lipinski definition) is 4. The average molecular weight is 478 g/mol. The predicted octanol–water partition coefficient (Wildman–Crippen LogP) is 5.68. The summed E-state index contributed by atoms with van der Waals surface area (Å²) in [5.74, 6) is -0.114. The number of carbonyl (C=O) groups is 1. The Labute approximate surface area is 167 Å². The molecular weight excluding hydrogens is 464 g/mol. The van der Waals surface area contributed by atoms with Crippen molar-refractivity contribution in [2.75, 3.05) is 6.61 Å². The second kappa shape index (κ2) is 8.01. The van der Waals surface area contributed by atoms with E-state index in [2.05, 4.69) is 31.9 Å². The number of carbonyl (C=O) groups excluding carboxylic acids is 1. The molecule has 3 rings (SSSR count). The summed E-state index contributed by atoms with van der Waals surface area (Å²) in [5.41, 5.74) is 0.812. The van der Waals surface area contributed by atoms with E-state index in [4.69, 9.17) is 9.15 Å². The minimum absolute atomic E-state index is 0.102. The summed E-state index contributed by atoms with van der Waals surface area (Å²) >= 11 is 6.75. The second-order valence-corrected chi connectivity index (χ2v) is 7.24. The van der Waals surface area contributed by atoms with Crippen molar-refractivity contribution >= 4 is 37.8 Å². The van der Waals surface area contributed by atoms with Crippen LogP contribution in [0.15, 0.2) is 72.8 Å². The molecule has 26 heavy (non-hydrogen) atoms. The van der Waals surface area contributed by atoms with Gasteiger partial charge in [-0.1, -0.05) is 56.1 Å². The zero-order valence-corrected chi connectivity index (χ0v) is 17.0. The lowest BCUT2D eigenvalue weighted by Gasteiger charge is -2.10. The van der Waals surface area contributed by atoms with Crippen LogP contribution in [-0.2, 0) is 4.74 Å². The van der Waals surface area contributed by atoms with E-state index in [1.54, 1.807) is 19.1 Å². The maximum atomic E-state index is 12.7. The zero-order chi connectivity index (χ0) is 18.7. The number of hydrogen-bond donors (Lipinski definition) is 0. The van der Waals surface area contributed by atoms with Crippen LogP contribution in [0.25, 0.3) is 22.6 Å². The van der Waals surface area contributed by atoms with Crippen molar-refractivity contribution in [3.63, 3.8) is 0 Å². The van der Waals surface area contributed by atoms with Gasteiger partial charge in [-0.3, -0.25) is 4.79 Å². The molecule has 3 aromatic rings. The van der Waals surface area contributed by atoms with Gasteiger partial charge in [0.25, 0.3) is 0 Å². The van der Waals surface area contributed by atoms with Crippen molar-refractivity contribution in [2.24, 2.45) is 0 Å². The van der Waals surface area contributed by atoms with Crippen LogP contribution in [0, 0.1) is 0 Å². The van der Waals surface area contributed by atoms with Crippen LogP contribution < -0.4 is 5.43 Å². The van der Waals surface area contributed by atoms with Crippen molar-refractivity contribution in [2.45, 2.75) is 6.92 Å². The van der Waals surface area contributed by atoms with E-state index in [1.807, 2.05) is 36.4 Å². The van der Waals surface area contributed by atoms with Crippen LogP contribution in [0.1, 0.15) is 17.3 Å². The van der Waals surface area contributed by atoms with E-state index in [0.717, 1.165) is 14.5 Å². The lowest BCUT2D eigenvalue weighted by Crippen LogP contribution is -2.18. The van der Waals surface area contributed by atoms with Gasteiger partial charge in [0.15, 0.2) is 11.3 Å². The van der Waals surface area contributed by atoms with Gasteiger partial charge in [-0.2, -0.15) is 0 Å². The van der Waals surface area contributed by atoms with Crippen LogP contribution in [0.3, 0.4) is 0 Å². The number of halogens is 2. The highest BCUT2D eigenvalue weighted by Gasteiger charge is 2.22. The third-order valence-corrected chi connectivity index (χ3v) is 4.72. The van der Waals surface area contributed by atoms with E-state index in [1.165, 1.54) is 6.07 Å². The molecule has 0 bridgehead atoms. The molecule has 0 spiro atoms. The molecule has 2 aromatic carbocycles. The monoisotopic (exact) mass is 476 g/mol. The first-order valence-electron chi connectivity index (χ1n) is 7.86. The molecule has 0 aliphatic heterocycles. The Kier molecular flexibility index (Phi) is 5.74. The lowest BCUT2D eigenvalue weighted by atomic mass is 10.1. The van der Waals surface area contributed by atoms with Gasteiger partial charge >= 0.3 is 5.97 Å². The van der Waals surface area contributed by atoms with Gasteiger partial charge in [0.2, 0.25) is 5.43 Å². The highest BCUT2D eigenvalue weighted by Crippen LogP contribution is 2.29. The number of esters is 1. The minimum Gasteiger partial charge on any atom is -0.462 e. The second-order valence-electron chi connectivity index (χ2n) is 5.41. The molecular formula is C20H14Br2O4. The Bertz CT molecular complexity index is 990. The van der Waals surface area contributed by atoms with Crippen LogP contribution in [0.5, 0.6) is 0 Å². The van der Waals surface area contributed by atoms with Crippen molar-refractivity contribution in [1.29, 1.82) is 0 Å². The first-order chi connectivity index (χ1) is 12.5. The Morgan fingerprint density at radius 2 is 1.50 bits per heavy atom. The average Bonchev–Trinajstić information content (AvgIpc) is 2.62. The van der Waals surface area contributed by atoms with E-state index in [9.17, 15) is 9.59 Å². The summed E-state index contributed by atoms with van der Waals surface area (Å²) in [6, 6.07) is 15.9. The molecule has 0 saturated carbocycles. The zero-order valence-electron chi connectivity index (χ0n) is 13.8. The molecule has 0 atom stereocenters. The molecule has 1 aromatic heterocycles. The fraction of sp³-hybridized carbons (Fsp3) is 0.100. The maximum absolute atomic E-state index is 12.7. The van der Waals surface area contributed by atoms with Gasteiger partial charge in [-0.05, 0) is 31.2 Å². The standard InChI is InChI=1S/C20H14Br2O4/c1-2-25-20(24)18-16(23)11-17(12-3-7-14(21)8-4-12)26-19(18)13-5-9-15(22)10-6-13/h3-11H,2H2,1H3. The molecule has 132 valence electrons. The van der Waals surface area contributed by atoms with E-state index < -0.39 is 11.4 Å². The molecule has 0 fully saturated rings. The lowest BCUT2D eigenvalue weighted by molar-refractivity contribution is 0.0523. The Morgan fingerprint density at radius 1 is 0.962 bits per heavy atom. The Balaban J connectivity index is 2.22. The number of benzene rings is 2. The summed E-state index contributed by atoms with van der Waals surface area (Å²) in [5, 5.41) is 0. The van der Waals surface area contributed by atoms with Crippen molar-refractivity contribution in [1.82, 2.24) is 0 Å². The fourth-order valence-electron chi connectivity index (χ4n) is 2.45. The largest absolute Gasteiger partial charge is 0.462 e.